The lowest BCUT2D eigenvalue weighted by atomic mass is 10.0. The van der Waals surface area contributed by atoms with E-state index in [1.807, 2.05) is 24.3 Å². The number of amides is 1. The third-order valence-corrected chi connectivity index (χ3v) is 3.35. The van der Waals surface area contributed by atoms with Crippen molar-refractivity contribution in [1.29, 1.82) is 0 Å². The van der Waals surface area contributed by atoms with Gasteiger partial charge in [-0.25, -0.2) is 0 Å². The molecule has 1 N–H and O–H groups in total. The average molecular weight is 247 g/mol. The third kappa shape index (κ3) is 3.33. The molecule has 1 heterocycles. The summed E-state index contributed by atoms with van der Waals surface area (Å²) in [7, 11) is 0. The van der Waals surface area contributed by atoms with Crippen LogP contribution in [0.1, 0.15) is 48.5 Å². The molecule has 0 saturated carbocycles. The van der Waals surface area contributed by atoms with Gasteiger partial charge in [-0.3, -0.25) is 4.79 Å². The lowest BCUT2D eigenvalue weighted by Crippen LogP contribution is -2.31. The summed E-state index contributed by atoms with van der Waals surface area (Å²) in [6.07, 6.45) is 2.35. The standard InChI is InChI=1S/C15H21NO2/c1-11(2)12-5-7-13(8-6-12)15(17)16-10-14-4-3-9-18-14/h5-8,11,14H,3-4,9-10H2,1-2H3,(H,16,17)/t14-/m1/s1. The molecule has 0 aromatic heterocycles. The summed E-state index contributed by atoms with van der Waals surface area (Å²) in [5.41, 5.74) is 1.98. The van der Waals surface area contributed by atoms with Crippen LogP contribution in [0, 0.1) is 0 Å². The van der Waals surface area contributed by atoms with E-state index in [1.165, 1.54) is 5.56 Å². The van der Waals surface area contributed by atoms with Crippen molar-refractivity contribution in [2.45, 2.75) is 38.7 Å². The molecule has 0 radical (unpaired) electrons. The molecule has 2 rings (SSSR count). The zero-order valence-electron chi connectivity index (χ0n) is 11.1. The first-order valence-corrected chi connectivity index (χ1v) is 6.66. The Morgan fingerprint density at radius 2 is 2.11 bits per heavy atom. The van der Waals surface area contributed by atoms with Crippen molar-refractivity contribution >= 4 is 5.91 Å². The lowest BCUT2D eigenvalue weighted by molar-refractivity contribution is 0.0858. The Kier molecular flexibility index (Phi) is 4.37. The third-order valence-electron chi connectivity index (χ3n) is 3.35. The van der Waals surface area contributed by atoms with Gasteiger partial charge in [0.15, 0.2) is 0 Å². The first-order chi connectivity index (χ1) is 8.66. The average Bonchev–Trinajstić information content (AvgIpc) is 2.89. The fourth-order valence-corrected chi connectivity index (χ4v) is 2.13. The largest absolute Gasteiger partial charge is 0.376 e. The molecule has 1 amide bonds. The molecule has 0 aliphatic carbocycles. The van der Waals surface area contributed by atoms with E-state index in [9.17, 15) is 4.79 Å². The topological polar surface area (TPSA) is 38.3 Å². The molecule has 1 aliphatic heterocycles. The predicted octanol–water partition coefficient (Wildman–Crippen LogP) is 2.72. The highest BCUT2D eigenvalue weighted by atomic mass is 16.5. The Balaban J connectivity index is 1.87. The predicted molar refractivity (Wildman–Crippen MR) is 71.8 cm³/mol. The van der Waals surface area contributed by atoms with E-state index in [-0.39, 0.29) is 12.0 Å². The molecular weight excluding hydrogens is 226 g/mol. The van der Waals surface area contributed by atoms with Crippen molar-refractivity contribution in [2.75, 3.05) is 13.2 Å². The Morgan fingerprint density at radius 1 is 1.39 bits per heavy atom. The molecule has 1 saturated heterocycles. The fourth-order valence-electron chi connectivity index (χ4n) is 2.13. The molecule has 98 valence electrons. The van der Waals surface area contributed by atoms with Crippen molar-refractivity contribution in [2.24, 2.45) is 0 Å². The monoisotopic (exact) mass is 247 g/mol. The van der Waals surface area contributed by atoms with Crippen molar-refractivity contribution in [3.63, 3.8) is 0 Å². The van der Waals surface area contributed by atoms with Gasteiger partial charge in [0, 0.05) is 18.7 Å². The molecule has 0 spiro atoms. The molecule has 1 fully saturated rings. The maximum absolute atomic E-state index is 11.9. The molecule has 3 heteroatoms. The van der Waals surface area contributed by atoms with Gasteiger partial charge in [0.05, 0.1) is 6.10 Å². The highest BCUT2D eigenvalue weighted by Crippen LogP contribution is 2.15. The molecule has 3 nitrogen and oxygen atoms in total. The maximum Gasteiger partial charge on any atom is 0.251 e. The first-order valence-electron chi connectivity index (χ1n) is 6.66. The number of nitrogens with one attached hydrogen (secondary N) is 1. The first kappa shape index (κ1) is 13.1. The van der Waals surface area contributed by atoms with Crippen LogP contribution >= 0.6 is 0 Å². The summed E-state index contributed by atoms with van der Waals surface area (Å²) in [4.78, 5) is 11.9. The van der Waals surface area contributed by atoms with Gasteiger partial charge in [-0.15, -0.1) is 0 Å². The second kappa shape index (κ2) is 6.01. The van der Waals surface area contributed by atoms with E-state index in [1.54, 1.807) is 0 Å². The molecule has 1 aromatic carbocycles. The van der Waals surface area contributed by atoms with Gasteiger partial charge >= 0.3 is 0 Å². The van der Waals surface area contributed by atoms with E-state index in [0.717, 1.165) is 25.0 Å². The fraction of sp³-hybridized carbons (Fsp3) is 0.533. The molecule has 0 unspecified atom stereocenters. The Hall–Kier alpha value is -1.35. The zero-order chi connectivity index (χ0) is 13.0. The molecule has 1 aliphatic rings. The second-order valence-electron chi connectivity index (χ2n) is 5.12. The maximum atomic E-state index is 11.9. The van der Waals surface area contributed by atoms with Crippen LogP contribution < -0.4 is 5.32 Å². The number of hydrogen-bond acceptors (Lipinski definition) is 2. The molecule has 18 heavy (non-hydrogen) atoms. The van der Waals surface area contributed by atoms with Crippen LogP contribution in [0.5, 0.6) is 0 Å². The van der Waals surface area contributed by atoms with Crippen LogP contribution in [0.3, 0.4) is 0 Å². The Labute approximate surface area is 109 Å². The van der Waals surface area contributed by atoms with Crippen molar-refractivity contribution in [1.82, 2.24) is 5.32 Å². The minimum absolute atomic E-state index is 0.0131. The van der Waals surface area contributed by atoms with Crippen LogP contribution in [0.15, 0.2) is 24.3 Å². The zero-order valence-corrected chi connectivity index (χ0v) is 11.1. The Morgan fingerprint density at radius 3 is 2.67 bits per heavy atom. The Bertz CT molecular complexity index is 391. The van der Waals surface area contributed by atoms with E-state index < -0.39 is 0 Å². The van der Waals surface area contributed by atoms with Crippen molar-refractivity contribution < 1.29 is 9.53 Å². The molecule has 1 atom stereocenters. The van der Waals surface area contributed by atoms with Crippen molar-refractivity contribution in [3.8, 4) is 0 Å². The van der Waals surface area contributed by atoms with Crippen LogP contribution in [0.4, 0.5) is 0 Å². The van der Waals surface area contributed by atoms with Crippen LogP contribution in [-0.4, -0.2) is 25.2 Å². The van der Waals surface area contributed by atoms with Crippen LogP contribution in [0.25, 0.3) is 0 Å². The van der Waals surface area contributed by atoms with Gasteiger partial charge in [-0.1, -0.05) is 26.0 Å². The summed E-state index contributed by atoms with van der Waals surface area (Å²) in [6, 6.07) is 7.82. The summed E-state index contributed by atoms with van der Waals surface area (Å²) in [5.74, 6) is 0.481. The minimum atomic E-state index is -0.0131. The highest BCUT2D eigenvalue weighted by Gasteiger charge is 2.16. The molecule has 0 bridgehead atoms. The minimum Gasteiger partial charge on any atom is -0.376 e. The quantitative estimate of drug-likeness (QED) is 0.888. The van der Waals surface area contributed by atoms with Gasteiger partial charge in [0.25, 0.3) is 5.91 Å². The molecule has 1 aromatic rings. The van der Waals surface area contributed by atoms with Crippen LogP contribution in [0.2, 0.25) is 0 Å². The van der Waals surface area contributed by atoms with E-state index >= 15 is 0 Å². The van der Waals surface area contributed by atoms with Gasteiger partial charge in [-0.05, 0) is 36.5 Å². The normalized spacial score (nSPS) is 19.2. The lowest BCUT2D eigenvalue weighted by Gasteiger charge is -2.11. The van der Waals surface area contributed by atoms with Gasteiger partial charge < -0.3 is 10.1 Å². The number of benzene rings is 1. The summed E-state index contributed by atoms with van der Waals surface area (Å²) in [5, 5.41) is 2.93. The summed E-state index contributed by atoms with van der Waals surface area (Å²) in [6.45, 7) is 5.73. The summed E-state index contributed by atoms with van der Waals surface area (Å²) >= 11 is 0. The second-order valence-corrected chi connectivity index (χ2v) is 5.12. The van der Waals surface area contributed by atoms with E-state index in [0.29, 0.717) is 12.5 Å². The van der Waals surface area contributed by atoms with E-state index in [4.69, 9.17) is 4.74 Å². The summed E-state index contributed by atoms with van der Waals surface area (Å²) < 4.78 is 5.48. The molecular formula is C15H21NO2. The van der Waals surface area contributed by atoms with E-state index in [2.05, 4.69) is 19.2 Å². The smallest absolute Gasteiger partial charge is 0.251 e. The van der Waals surface area contributed by atoms with Crippen LogP contribution in [-0.2, 0) is 4.74 Å². The number of ether oxygens (including phenoxy) is 1. The number of hydrogen-bond donors (Lipinski definition) is 1. The van der Waals surface area contributed by atoms with Gasteiger partial charge in [-0.2, -0.15) is 0 Å². The SMILES string of the molecule is CC(C)c1ccc(C(=O)NC[C@H]2CCCO2)cc1. The number of carbonyl (C=O) groups is 1. The van der Waals surface area contributed by atoms with Gasteiger partial charge in [0.2, 0.25) is 0 Å². The number of carbonyl (C=O) groups excluding carboxylic acids is 1. The van der Waals surface area contributed by atoms with Gasteiger partial charge in [0.1, 0.15) is 0 Å². The highest BCUT2D eigenvalue weighted by molar-refractivity contribution is 5.94. The van der Waals surface area contributed by atoms with Crippen molar-refractivity contribution in [3.05, 3.63) is 35.4 Å². The number of rotatable bonds is 4.